The number of aromatic nitrogens is 1. The number of carbonyl (C=O) groups is 1. The third-order valence-electron chi connectivity index (χ3n) is 2.62. The molecule has 2 aromatic rings. The molecule has 0 amide bonds. The predicted molar refractivity (Wildman–Crippen MR) is 65.5 cm³/mol. The highest BCUT2D eigenvalue weighted by atomic mass is 16.6. The normalized spacial score (nSPS) is 10.1. The van der Waals surface area contributed by atoms with Gasteiger partial charge in [-0.3, -0.25) is 19.9 Å². The Morgan fingerprint density at radius 3 is 2.44 bits per heavy atom. The number of nitro groups is 1. The molecule has 0 bridgehead atoms. The molecule has 5 nitrogen and oxygen atoms in total. The number of aryl methyl sites for hydroxylation is 1. The smallest absolute Gasteiger partial charge is 0.269 e. The van der Waals surface area contributed by atoms with E-state index in [1.165, 1.54) is 30.5 Å². The maximum atomic E-state index is 12.1. The standard InChI is InChI=1S/C13H10N2O3/c1-9-6-7-14-8-12(9)13(16)10-2-4-11(5-3-10)15(17)18/h2-8H,1H3. The summed E-state index contributed by atoms with van der Waals surface area (Å²) in [6, 6.07) is 7.29. The van der Waals surface area contributed by atoms with Gasteiger partial charge in [0.15, 0.2) is 5.78 Å². The van der Waals surface area contributed by atoms with E-state index in [0.717, 1.165) is 5.56 Å². The fourth-order valence-corrected chi connectivity index (χ4v) is 1.59. The van der Waals surface area contributed by atoms with Gasteiger partial charge in [0.1, 0.15) is 0 Å². The lowest BCUT2D eigenvalue weighted by Crippen LogP contribution is -2.04. The molecule has 0 atom stereocenters. The summed E-state index contributed by atoms with van der Waals surface area (Å²) in [7, 11) is 0. The van der Waals surface area contributed by atoms with Crippen LogP contribution >= 0.6 is 0 Å². The van der Waals surface area contributed by atoms with Crippen molar-refractivity contribution < 1.29 is 9.72 Å². The number of benzene rings is 1. The first-order chi connectivity index (χ1) is 8.59. The second kappa shape index (κ2) is 4.75. The molecule has 1 aromatic carbocycles. The molecular formula is C13H10N2O3. The number of pyridine rings is 1. The number of nitrogens with zero attached hydrogens (tertiary/aromatic N) is 2. The maximum Gasteiger partial charge on any atom is 0.269 e. The molecule has 0 fully saturated rings. The minimum Gasteiger partial charge on any atom is -0.289 e. The Morgan fingerprint density at radius 1 is 1.22 bits per heavy atom. The summed E-state index contributed by atoms with van der Waals surface area (Å²) >= 11 is 0. The molecule has 1 aromatic heterocycles. The summed E-state index contributed by atoms with van der Waals surface area (Å²) in [5.41, 5.74) is 1.71. The summed E-state index contributed by atoms with van der Waals surface area (Å²) in [6.45, 7) is 1.82. The number of carbonyl (C=O) groups excluding carboxylic acids is 1. The van der Waals surface area contributed by atoms with Gasteiger partial charge < -0.3 is 0 Å². The molecule has 0 aliphatic rings. The van der Waals surface area contributed by atoms with E-state index in [4.69, 9.17) is 0 Å². The maximum absolute atomic E-state index is 12.1. The molecule has 1 heterocycles. The summed E-state index contributed by atoms with van der Waals surface area (Å²) in [4.78, 5) is 26.1. The number of hydrogen-bond acceptors (Lipinski definition) is 4. The van der Waals surface area contributed by atoms with Gasteiger partial charge in [-0.1, -0.05) is 0 Å². The van der Waals surface area contributed by atoms with Gasteiger partial charge in [0.25, 0.3) is 5.69 Å². The highest BCUT2D eigenvalue weighted by Gasteiger charge is 2.13. The third kappa shape index (κ3) is 2.24. The number of hydrogen-bond donors (Lipinski definition) is 0. The van der Waals surface area contributed by atoms with Crippen molar-refractivity contribution >= 4 is 11.5 Å². The molecule has 0 aliphatic heterocycles. The summed E-state index contributed by atoms with van der Waals surface area (Å²) in [5.74, 6) is -0.185. The molecule has 0 N–H and O–H groups in total. The van der Waals surface area contributed by atoms with Crippen molar-refractivity contribution in [1.82, 2.24) is 4.98 Å². The molecule has 90 valence electrons. The van der Waals surface area contributed by atoms with E-state index < -0.39 is 4.92 Å². The van der Waals surface area contributed by atoms with Gasteiger partial charge in [0.2, 0.25) is 0 Å². The Hall–Kier alpha value is -2.56. The van der Waals surface area contributed by atoms with Crippen molar-refractivity contribution in [3.63, 3.8) is 0 Å². The Labute approximate surface area is 103 Å². The van der Waals surface area contributed by atoms with Crippen LogP contribution in [0.2, 0.25) is 0 Å². The van der Waals surface area contributed by atoms with Gasteiger partial charge in [0.05, 0.1) is 4.92 Å². The Morgan fingerprint density at radius 2 is 1.89 bits per heavy atom. The van der Waals surface area contributed by atoms with E-state index in [2.05, 4.69) is 4.98 Å². The van der Waals surface area contributed by atoms with Crippen LogP contribution in [0.15, 0.2) is 42.7 Å². The van der Waals surface area contributed by atoms with Crippen LogP contribution in [-0.4, -0.2) is 15.7 Å². The van der Waals surface area contributed by atoms with Crippen LogP contribution in [0.3, 0.4) is 0 Å². The van der Waals surface area contributed by atoms with Crippen LogP contribution < -0.4 is 0 Å². The minimum absolute atomic E-state index is 0.0329. The molecule has 5 heteroatoms. The van der Waals surface area contributed by atoms with E-state index >= 15 is 0 Å². The SMILES string of the molecule is Cc1ccncc1C(=O)c1ccc([N+](=O)[O-])cc1. The van der Waals surface area contributed by atoms with E-state index in [-0.39, 0.29) is 11.5 Å². The van der Waals surface area contributed by atoms with Crippen molar-refractivity contribution in [1.29, 1.82) is 0 Å². The molecule has 0 aliphatic carbocycles. The molecule has 0 saturated carbocycles. The molecule has 0 radical (unpaired) electrons. The van der Waals surface area contributed by atoms with E-state index in [9.17, 15) is 14.9 Å². The molecule has 0 unspecified atom stereocenters. The van der Waals surface area contributed by atoms with Crippen LogP contribution in [-0.2, 0) is 0 Å². The zero-order valence-electron chi connectivity index (χ0n) is 9.66. The molecule has 18 heavy (non-hydrogen) atoms. The van der Waals surface area contributed by atoms with Crippen molar-refractivity contribution in [2.75, 3.05) is 0 Å². The van der Waals surface area contributed by atoms with Crippen LogP contribution in [0, 0.1) is 17.0 Å². The third-order valence-corrected chi connectivity index (χ3v) is 2.62. The zero-order chi connectivity index (χ0) is 13.1. The van der Waals surface area contributed by atoms with Crippen LogP contribution in [0.1, 0.15) is 21.5 Å². The molecule has 0 spiro atoms. The first kappa shape index (κ1) is 11.9. The average Bonchev–Trinajstić information content (AvgIpc) is 2.38. The number of nitro benzene ring substituents is 1. The van der Waals surface area contributed by atoms with Crippen molar-refractivity contribution in [3.8, 4) is 0 Å². The van der Waals surface area contributed by atoms with Crippen molar-refractivity contribution in [2.45, 2.75) is 6.92 Å². The van der Waals surface area contributed by atoms with Gasteiger partial charge in [-0.05, 0) is 30.7 Å². The second-order valence-electron chi connectivity index (χ2n) is 3.82. The minimum atomic E-state index is -0.496. The Balaban J connectivity index is 2.35. The summed E-state index contributed by atoms with van der Waals surface area (Å²) < 4.78 is 0. The molecular weight excluding hydrogens is 232 g/mol. The second-order valence-corrected chi connectivity index (χ2v) is 3.82. The quantitative estimate of drug-likeness (QED) is 0.471. The highest BCUT2D eigenvalue weighted by Crippen LogP contribution is 2.16. The van der Waals surface area contributed by atoms with E-state index in [0.29, 0.717) is 11.1 Å². The monoisotopic (exact) mass is 242 g/mol. The largest absolute Gasteiger partial charge is 0.289 e. The lowest BCUT2D eigenvalue weighted by Gasteiger charge is -2.03. The van der Waals surface area contributed by atoms with E-state index in [1.807, 2.05) is 6.92 Å². The van der Waals surface area contributed by atoms with E-state index in [1.54, 1.807) is 12.3 Å². The fourth-order valence-electron chi connectivity index (χ4n) is 1.59. The van der Waals surface area contributed by atoms with Gasteiger partial charge in [0, 0.05) is 35.7 Å². The van der Waals surface area contributed by atoms with Crippen molar-refractivity contribution in [3.05, 3.63) is 69.5 Å². The lowest BCUT2D eigenvalue weighted by molar-refractivity contribution is -0.384. The zero-order valence-corrected chi connectivity index (χ0v) is 9.66. The van der Waals surface area contributed by atoms with Crippen LogP contribution in [0.25, 0.3) is 0 Å². The van der Waals surface area contributed by atoms with Gasteiger partial charge >= 0.3 is 0 Å². The fraction of sp³-hybridized carbons (Fsp3) is 0.0769. The van der Waals surface area contributed by atoms with Gasteiger partial charge in [-0.15, -0.1) is 0 Å². The first-order valence-corrected chi connectivity index (χ1v) is 5.29. The number of ketones is 1. The highest BCUT2D eigenvalue weighted by molar-refractivity contribution is 6.09. The average molecular weight is 242 g/mol. The predicted octanol–water partition coefficient (Wildman–Crippen LogP) is 2.53. The van der Waals surface area contributed by atoms with Crippen molar-refractivity contribution in [2.24, 2.45) is 0 Å². The number of rotatable bonds is 3. The molecule has 2 rings (SSSR count). The summed E-state index contributed by atoms with van der Waals surface area (Å²) in [5, 5.41) is 10.5. The molecule has 0 saturated heterocycles. The first-order valence-electron chi connectivity index (χ1n) is 5.29. The van der Waals surface area contributed by atoms with Crippen LogP contribution in [0.4, 0.5) is 5.69 Å². The topological polar surface area (TPSA) is 73.1 Å². The van der Waals surface area contributed by atoms with Crippen LogP contribution in [0.5, 0.6) is 0 Å². The Bertz CT molecular complexity index is 606. The van der Waals surface area contributed by atoms with Gasteiger partial charge in [-0.25, -0.2) is 0 Å². The Kier molecular flexibility index (Phi) is 3.14. The van der Waals surface area contributed by atoms with Gasteiger partial charge in [-0.2, -0.15) is 0 Å². The number of non-ortho nitro benzene ring substituents is 1. The lowest BCUT2D eigenvalue weighted by atomic mass is 10.0. The summed E-state index contributed by atoms with van der Waals surface area (Å²) in [6.07, 6.45) is 3.11.